The van der Waals surface area contributed by atoms with Gasteiger partial charge < -0.3 is 25.2 Å². The number of unbranched alkanes of at least 4 members (excludes halogenated alkanes) is 12. The Morgan fingerprint density at radius 2 is 0.970 bits per heavy atom. The first-order chi connectivity index (χ1) is 15.9. The number of hydrogen-bond acceptors (Lipinski definition) is 6. The SMILES string of the molecule is CCCCC[C@@H](O)CCC[C@H](O)[C@H](O)CCCCCCCCCCCCC[C@H](O)C(=O)OC. The van der Waals surface area contributed by atoms with Gasteiger partial charge in [0.05, 0.1) is 25.4 Å². The highest BCUT2D eigenvalue weighted by Crippen LogP contribution is 2.17. The Balaban J connectivity index is 3.42. The molecule has 0 bridgehead atoms. The molecular weight excluding hydrogens is 420 g/mol. The van der Waals surface area contributed by atoms with Gasteiger partial charge in [-0.3, -0.25) is 0 Å². The fourth-order valence-electron chi connectivity index (χ4n) is 4.26. The van der Waals surface area contributed by atoms with Crippen molar-refractivity contribution in [2.24, 2.45) is 0 Å². The summed E-state index contributed by atoms with van der Waals surface area (Å²) in [6.45, 7) is 2.15. The molecule has 0 saturated carbocycles. The first-order valence-electron chi connectivity index (χ1n) is 13.7. The van der Waals surface area contributed by atoms with Crippen molar-refractivity contribution >= 4 is 5.97 Å². The molecule has 0 rings (SSSR count). The lowest BCUT2D eigenvalue weighted by Gasteiger charge is -2.18. The quantitative estimate of drug-likeness (QED) is 0.110. The summed E-state index contributed by atoms with van der Waals surface area (Å²) in [5.74, 6) is -0.537. The van der Waals surface area contributed by atoms with Gasteiger partial charge in [0, 0.05) is 0 Å². The van der Waals surface area contributed by atoms with Crippen LogP contribution in [0.4, 0.5) is 0 Å². The van der Waals surface area contributed by atoms with E-state index in [1.54, 1.807) is 0 Å². The third kappa shape index (κ3) is 20.4. The molecule has 0 fully saturated rings. The summed E-state index contributed by atoms with van der Waals surface area (Å²) in [7, 11) is 1.30. The molecule has 6 heteroatoms. The van der Waals surface area contributed by atoms with Crippen molar-refractivity contribution in [3.05, 3.63) is 0 Å². The highest BCUT2D eigenvalue weighted by atomic mass is 16.5. The lowest BCUT2D eigenvalue weighted by atomic mass is 9.98. The van der Waals surface area contributed by atoms with Crippen molar-refractivity contribution in [1.29, 1.82) is 0 Å². The second-order valence-electron chi connectivity index (χ2n) is 9.72. The minimum atomic E-state index is -0.974. The van der Waals surface area contributed by atoms with Crippen molar-refractivity contribution in [2.45, 2.75) is 160 Å². The molecule has 0 aromatic heterocycles. The molecule has 0 aliphatic carbocycles. The van der Waals surface area contributed by atoms with Gasteiger partial charge in [0.1, 0.15) is 0 Å². The molecule has 198 valence electrons. The Labute approximate surface area is 203 Å². The van der Waals surface area contributed by atoms with E-state index in [9.17, 15) is 25.2 Å². The van der Waals surface area contributed by atoms with Gasteiger partial charge in [-0.1, -0.05) is 96.8 Å². The van der Waals surface area contributed by atoms with Gasteiger partial charge in [-0.2, -0.15) is 0 Å². The van der Waals surface area contributed by atoms with Crippen LogP contribution in [0.1, 0.15) is 135 Å². The second-order valence-corrected chi connectivity index (χ2v) is 9.72. The number of esters is 1. The highest BCUT2D eigenvalue weighted by molar-refractivity contribution is 5.74. The van der Waals surface area contributed by atoms with Crippen LogP contribution in [0, 0.1) is 0 Å². The number of rotatable bonds is 24. The number of hydrogen-bond donors (Lipinski definition) is 4. The normalized spacial score (nSPS) is 15.2. The fourth-order valence-corrected chi connectivity index (χ4v) is 4.26. The smallest absolute Gasteiger partial charge is 0.334 e. The number of aliphatic hydroxyl groups excluding tert-OH is 4. The molecule has 6 nitrogen and oxygen atoms in total. The van der Waals surface area contributed by atoms with E-state index < -0.39 is 24.3 Å². The lowest BCUT2D eigenvalue weighted by Crippen LogP contribution is -2.26. The van der Waals surface area contributed by atoms with E-state index in [1.807, 2.05) is 0 Å². The Hall–Kier alpha value is -0.690. The monoisotopic (exact) mass is 474 g/mol. The summed E-state index contributed by atoms with van der Waals surface area (Å²) in [6.07, 6.45) is 17.3. The minimum Gasteiger partial charge on any atom is -0.467 e. The van der Waals surface area contributed by atoms with Gasteiger partial charge in [-0.05, 0) is 38.5 Å². The van der Waals surface area contributed by atoms with Gasteiger partial charge in [0.15, 0.2) is 6.10 Å². The van der Waals surface area contributed by atoms with Gasteiger partial charge in [0.2, 0.25) is 0 Å². The summed E-state index contributed by atoms with van der Waals surface area (Å²) in [5.41, 5.74) is 0. The summed E-state index contributed by atoms with van der Waals surface area (Å²) in [4.78, 5) is 11.1. The van der Waals surface area contributed by atoms with Crippen molar-refractivity contribution in [3.63, 3.8) is 0 Å². The Morgan fingerprint density at radius 3 is 1.45 bits per heavy atom. The van der Waals surface area contributed by atoms with Gasteiger partial charge >= 0.3 is 5.97 Å². The average molecular weight is 475 g/mol. The predicted molar refractivity (Wildman–Crippen MR) is 134 cm³/mol. The highest BCUT2D eigenvalue weighted by Gasteiger charge is 2.16. The molecule has 0 aliphatic heterocycles. The minimum absolute atomic E-state index is 0.270. The van der Waals surface area contributed by atoms with E-state index in [4.69, 9.17) is 0 Å². The Bertz CT molecular complexity index is 431. The molecule has 0 spiro atoms. The average Bonchev–Trinajstić information content (AvgIpc) is 2.81. The second kappa shape index (κ2) is 23.1. The van der Waals surface area contributed by atoms with E-state index in [0.29, 0.717) is 25.7 Å². The predicted octanol–water partition coefficient (Wildman–Crippen LogP) is 5.42. The number of aliphatic hydroxyl groups is 4. The molecule has 0 heterocycles. The summed E-state index contributed by atoms with van der Waals surface area (Å²) in [6, 6.07) is 0. The number of methoxy groups -OCH3 is 1. The fraction of sp³-hybridized carbons (Fsp3) is 0.963. The van der Waals surface area contributed by atoms with Crippen LogP contribution in [0.3, 0.4) is 0 Å². The van der Waals surface area contributed by atoms with E-state index >= 15 is 0 Å². The number of carbonyl (C=O) groups is 1. The van der Waals surface area contributed by atoms with E-state index in [0.717, 1.165) is 64.2 Å². The van der Waals surface area contributed by atoms with Crippen molar-refractivity contribution in [2.75, 3.05) is 7.11 Å². The molecular formula is C27H54O6. The number of carbonyl (C=O) groups excluding carboxylic acids is 1. The van der Waals surface area contributed by atoms with Gasteiger partial charge in [0.25, 0.3) is 0 Å². The number of ether oxygens (including phenoxy) is 1. The maximum atomic E-state index is 11.1. The first-order valence-corrected chi connectivity index (χ1v) is 13.7. The molecule has 4 N–H and O–H groups in total. The molecule has 0 radical (unpaired) electrons. The standard InChI is InChI=1S/C27H54O6/c1-3-4-14-18-23(28)19-17-22-25(30)24(29)20-15-12-10-8-6-5-7-9-11-13-16-21-26(31)27(32)33-2/h23-26,28-31H,3-22H2,1-2H3/t23-,24-,25+,26+/m1/s1. The summed E-state index contributed by atoms with van der Waals surface area (Å²) >= 11 is 0. The van der Waals surface area contributed by atoms with Crippen LogP contribution in [-0.2, 0) is 9.53 Å². The molecule has 4 atom stereocenters. The largest absolute Gasteiger partial charge is 0.467 e. The molecule has 0 unspecified atom stereocenters. The molecule has 33 heavy (non-hydrogen) atoms. The van der Waals surface area contributed by atoms with Crippen LogP contribution >= 0.6 is 0 Å². The Kier molecular flexibility index (Phi) is 22.6. The first kappa shape index (κ1) is 32.3. The zero-order chi connectivity index (χ0) is 24.7. The van der Waals surface area contributed by atoms with Crippen molar-refractivity contribution in [3.8, 4) is 0 Å². The van der Waals surface area contributed by atoms with E-state index in [-0.39, 0.29) is 6.10 Å². The van der Waals surface area contributed by atoms with Crippen molar-refractivity contribution in [1.82, 2.24) is 0 Å². The van der Waals surface area contributed by atoms with Crippen LogP contribution in [0.15, 0.2) is 0 Å². The molecule has 0 saturated heterocycles. The zero-order valence-corrected chi connectivity index (χ0v) is 21.6. The maximum absolute atomic E-state index is 11.1. The zero-order valence-electron chi connectivity index (χ0n) is 21.6. The summed E-state index contributed by atoms with van der Waals surface area (Å²) < 4.78 is 4.51. The van der Waals surface area contributed by atoms with E-state index in [1.165, 1.54) is 45.6 Å². The molecule has 0 aromatic rings. The van der Waals surface area contributed by atoms with Crippen LogP contribution < -0.4 is 0 Å². The van der Waals surface area contributed by atoms with Crippen LogP contribution in [0.25, 0.3) is 0 Å². The lowest BCUT2D eigenvalue weighted by molar-refractivity contribution is -0.150. The summed E-state index contributed by atoms with van der Waals surface area (Å²) in [5, 5.41) is 39.7. The topological polar surface area (TPSA) is 107 Å². The third-order valence-electron chi connectivity index (χ3n) is 6.57. The third-order valence-corrected chi connectivity index (χ3v) is 6.57. The van der Waals surface area contributed by atoms with Crippen molar-refractivity contribution < 1.29 is 30.0 Å². The molecule has 0 aliphatic rings. The molecule has 0 aromatic carbocycles. The van der Waals surface area contributed by atoms with E-state index in [2.05, 4.69) is 11.7 Å². The van der Waals surface area contributed by atoms with Gasteiger partial charge in [-0.25, -0.2) is 4.79 Å². The Morgan fingerprint density at radius 1 is 0.576 bits per heavy atom. The van der Waals surface area contributed by atoms with Crippen LogP contribution in [-0.4, -0.2) is 57.9 Å². The maximum Gasteiger partial charge on any atom is 0.334 e. The molecule has 0 amide bonds. The van der Waals surface area contributed by atoms with Crippen LogP contribution in [0.2, 0.25) is 0 Å². The van der Waals surface area contributed by atoms with Gasteiger partial charge in [-0.15, -0.1) is 0 Å². The van der Waals surface area contributed by atoms with Crippen LogP contribution in [0.5, 0.6) is 0 Å².